The number of nitrogens with one attached hydrogen (secondary N) is 2. The van der Waals surface area contributed by atoms with E-state index in [4.69, 9.17) is 4.52 Å². The maximum Gasteiger partial charge on any atom is 0.314 e. The molecule has 1 aromatic heterocycles. The minimum atomic E-state index is -0.842. The molecule has 2 amide bonds. The Morgan fingerprint density at radius 1 is 1.33 bits per heavy atom. The highest BCUT2D eigenvalue weighted by Crippen LogP contribution is 2.32. The maximum atomic E-state index is 12.0. The minimum absolute atomic E-state index is 0.126. The molecule has 3 N–H and O–H groups in total. The zero-order valence-electron chi connectivity index (χ0n) is 15.3. The number of urea groups is 1. The van der Waals surface area contributed by atoms with Gasteiger partial charge in [0.2, 0.25) is 0 Å². The van der Waals surface area contributed by atoms with Crippen LogP contribution in [0.3, 0.4) is 0 Å². The van der Waals surface area contributed by atoms with Crippen molar-refractivity contribution in [2.45, 2.75) is 71.3 Å². The van der Waals surface area contributed by atoms with Crippen LogP contribution in [0.5, 0.6) is 0 Å². The van der Waals surface area contributed by atoms with Gasteiger partial charge in [0.15, 0.2) is 0 Å². The van der Waals surface area contributed by atoms with Gasteiger partial charge >= 0.3 is 6.03 Å². The Morgan fingerprint density at radius 3 is 2.58 bits per heavy atom. The van der Waals surface area contributed by atoms with Crippen molar-refractivity contribution in [1.82, 2.24) is 15.8 Å². The van der Waals surface area contributed by atoms with Crippen LogP contribution in [0.1, 0.15) is 68.9 Å². The van der Waals surface area contributed by atoms with Crippen LogP contribution in [-0.2, 0) is 0 Å². The zero-order valence-corrected chi connectivity index (χ0v) is 15.3. The number of amides is 2. The first kappa shape index (κ1) is 18.8. The predicted octanol–water partition coefficient (Wildman–Crippen LogP) is 3.03. The molecule has 1 heterocycles. The van der Waals surface area contributed by atoms with Crippen LogP contribution >= 0.6 is 0 Å². The van der Waals surface area contributed by atoms with E-state index in [1.54, 1.807) is 0 Å². The van der Waals surface area contributed by atoms with Gasteiger partial charge in [-0.25, -0.2) is 4.79 Å². The van der Waals surface area contributed by atoms with Crippen LogP contribution in [-0.4, -0.2) is 35.0 Å². The molecular weight excluding hydrogens is 306 g/mol. The topological polar surface area (TPSA) is 87.4 Å². The van der Waals surface area contributed by atoms with Gasteiger partial charge in [-0.05, 0) is 39.5 Å². The average molecular weight is 337 g/mol. The van der Waals surface area contributed by atoms with E-state index in [9.17, 15) is 9.90 Å². The van der Waals surface area contributed by atoms with Crippen molar-refractivity contribution in [2.24, 2.45) is 5.92 Å². The first-order valence-corrected chi connectivity index (χ1v) is 8.98. The van der Waals surface area contributed by atoms with Gasteiger partial charge in [0.25, 0.3) is 0 Å². The van der Waals surface area contributed by atoms with Crippen molar-refractivity contribution in [3.63, 3.8) is 0 Å². The number of carbonyl (C=O) groups excluding carboxylic acids is 1. The molecule has 6 nitrogen and oxygen atoms in total. The SMILES string of the molecule is Cc1noc(C)c1C(C)CNC(=O)NCC(C)(O)C1CCCCC1. The fourth-order valence-corrected chi connectivity index (χ4v) is 3.73. The van der Waals surface area contributed by atoms with Crippen molar-refractivity contribution in [1.29, 1.82) is 0 Å². The van der Waals surface area contributed by atoms with E-state index in [1.165, 1.54) is 19.3 Å². The lowest BCUT2D eigenvalue weighted by atomic mass is 9.78. The molecule has 0 saturated heterocycles. The van der Waals surface area contributed by atoms with E-state index in [0.29, 0.717) is 6.54 Å². The van der Waals surface area contributed by atoms with Gasteiger partial charge in [0.05, 0.1) is 11.3 Å². The summed E-state index contributed by atoms with van der Waals surface area (Å²) in [5.41, 5.74) is 1.07. The molecule has 1 saturated carbocycles. The van der Waals surface area contributed by atoms with E-state index in [1.807, 2.05) is 27.7 Å². The smallest absolute Gasteiger partial charge is 0.314 e. The van der Waals surface area contributed by atoms with Crippen molar-refractivity contribution >= 4 is 6.03 Å². The van der Waals surface area contributed by atoms with Gasteiger partial charge < -0.3 is 20.3 Å². The molecule has 1 aromatic rings. The van der Waals surface area contributed by atoms with Crippen LogP contribution in [0.15, 0.2) is 4.52 Å². The Morgan fingerprint density at radius 2 is 2.00 bits per heavy atom. The summed E-state index contributed by atoms with van der Waals surface area (Å²) in [5.74, 6) is 1.19. The number of aliphatic hydroxyl groups is 1. The molecule has 24 heavy (non-hydrogen) atoms. The van der Waals surface area contributed by atoms with Gasteiger partial charge in [0, 0.05) is 24.6 Å². The Balaban J connectivity index is 1.77. The minimum Gasteiger partial charge on any atom is -0.388 e. The van der Waals surface area contributed by atoms with E-state index in [0.717, 1.165) is 29.9 Å². The Bertz CT molecular complexity index is 528. The molecule has 1 aliphatic carbocycles. The number of aromatic nitrogens is 1. The second-order valence-corrected chi connectivity index (χ2v) is 7.39. The van der Waals surface area contributed by atoms with Gasteiger partial charge in [-0.3, -0.25) is 0 Å². The van der Waals surface area contributed by atoms with Gasteiger partial charge in [0.1, 0.15) is 5.76 Å². The number of hydrogen-bond donors (Lipinski definition) is 3. The molecule has 136 valence electrons. The highest BCUT2D eigenvalue weighted by Gasteiger charge is 2.33. The molecule has 2 atom stereocenters. The molecule has 0 spiro atoms. The molecule has 0 aromatic carbocycles. The number of hydrogen-bond acceptors (Lipinski definition) is 4. The largest absolute Gasteiger partial charge is 0.388 e. The summed E-state index contributed by atoms with van der Waals surface area (Å²) in [6, 6.07) is -0.246. The Kier molecular flexibility index (Phi) is 6.27. The monoisotopic (exact) mass is 337 g/mol. The van der Waals surface area contributed by atoms with E-state index in [-0.39, 0.29) is 24.4 Å². The summed E-state index contributed by atoms with van der Waals surface area (Å²) in [4.78, 5) is 12.0. The second-order valence-electron chi connectivity index (χ2n) is 7.39. The van der Waals surface area contributed by atoms with Crippen LogP contribution in [0.4, 0.5) is 4.79 Å². The summed E-state index contributed by atoms with van der Waals surface area (Å²) < 4.78 is 5.17. The number of carbonyl (C=O) groups is 1. The number of rotatable bonds is 6. The molecule has 1 fully saturated rings. The molecule has 0 bridgehead atoms. The maximum absolute atomic E-state index is 12.0. The van der Waals surface area contributed by atoms with E-state index in [2.05, 4.69) is 15.8 Å². The highest BCUT2D eigenvalue weighted by molar-refractivity contribution is 5.74. The molecular formula is C18H31N3O3. The Labute approximate surface area is 144 Å². The van der Waals surface area contributed by atoms with E-state index < -0.39 is 5.60 Å². The van der Waals surface area contributed by atoms with E-state index >= 15 is 0 Å². The highest BCUT2D eigenvalue weighted by atomic mass is 16.5. The predicted molar refractivity (Wildman–Crippen MR) is 93.0 cm³/mol. The normalized spacial score (nSPS) is 19.5. The first-order valence-electron chi connectivity index (χ1n) is 8.98. The van der Waals surface area contributed by atoms with Crippen LogP contribution in [0, 0.1) is 19.8 Å². The average Bonchev–Trinajstić information content (AvgIpc) is 2.90. The standard InChI is InChI=1S/C18H31N3O3/c1-12(16-13(2)21-24-14(16)3)10-19-17(22)20-11-18(4,23)15-8-6-5-7-9-15/h12,15,23H,5-11H2,1-4H3,(H2,19,20,22). The summed E-state index contributed by atoms with van der Waals surface area (Å²) in [6.07, 6.45) is 5.67. The van der Waals surface area contributed by atoms with Crippen LogP contribution in [0.2, 0.25) is 0 Å². The van der Waals surface area contributed by atoms with Crippen molar-refractivity contribution in [2.75, 3.05) is 13.1 Å². The fraction of sp³-hybridized carbons (Fsp3) is 0.778. The molecule has 0 radical (unpaired) electrons. The summed E-state index contributed by atoms with van der Waals surface area (Å²) in [7, 11) is 0. The van der Waals surface area contributed by atoms with Gasteiger partial charge in [-0.1, -0.05) is 31.3 Å². The number of aryl methyl sites for hydroxylation is 2. The van der Waals surface area contributed by atoms with Crippen molar-refractivity contribution in [3.8, 4) is 0 Å². The summed E-state index contributed by atoms with van der Waals surface area (Å²) in [6.45, 7) is 8.43. The summed E-state index contributed by atoms with van der Waals surface area (Å²) in [5, 5.41) is 20.3. The third-order valence-corrected chi connectivity index (χ3v) is 5.24. The van der Waals surface area contributed by atoms with Crippen molar-refractivity contribution in [3.05, 3.63) is 17.0 Å². The zero-order chi connectivity index (χ0) is 17.7. The lowest BCUT2D eigenvalue weighted by Gasteiger charge is -2.35. The third kappa shape index (κ3) is 4.72. The van der Waals surface area contributed by atoms with Crippen molar-refractivity contribution < 1.29 is 14.4 Å². The summed E-state index contributed by atoms with van der Waals surface area (Å²) >= 11 is 0. The number of nitrogens with zero attached hydrogens (tertiary/aromatic N) is 1. The second kappa shape index (κ2) is 8.01. The quantitative estimate of drug-likeness (QED) is 0.744. The van der Waals surface area contributed by atoms with Gasteiger partial charge in [-0.15, -0.1) is 0 Å². The van der Waals surface area contributed by atoms with Crippen LogP contribution < -0.4 is 10.6 Å². The molecule has 2 rings (SSSR count). The van der Waals surface area contributed by atoms with Gasteiger partial charge in [-0.2, -0.15) is 0 Å². The Hall–Kier alpha value is -1.56. The lowest BCUT2D eigenvalue weighted by Crippen LogP contribution is -2.49. The molecule has 6 heteroatoms. The molecule has 1 aliphatic rings. The molecule has 2 unspecified atom stereocenters. The lowest BCUT2D eigenvalue weighted by molar-refractivity contribution is -0.0130. The van der Waals surface area contributed by atoms with Crippen LogP contribution in [0.25, 0.3) is 0 Å². The first-order chi connectivity index (χ1) is 11.3. The molecule has 0 aliphatic heterocycles. The third-order valence-electron chi connectivity index (χ3n) is 5.24. The fourth-order valence-electron chi connectivity index (χ4n) is 3.73.